The summed E-state index contributed by atoms with van der Waals surface area (Å²) in [7, 11) is 1.24. The van der Waals surface area contributed by atoms with Crippen molar-refractivity contribution < 1.29 is 18.7 Å². The van der Waals surface area contributed by atoms with Crippen molar-refractivity contribution in [3.05, 3.63) is 46.6 Å². The fraction of sp³-hybridized carbons (Fsp3) is 0.0833. The number of carbonyl (C=O) groups is 1. The van der Waals surface area contributed by atoms with Crippen LogP contribution in [0.4, 0.5) is 4.39 Å². The van der Waals surface area contributed by atoms with Gasteiger partial charge in [-0.2, -0.15) is 0 Å². The van der Waals surface area contributed by atoms with Gasteiger partial charge in [-0.1, -0.05) is 0 Å². The van der Waals surface area contributed by atoms with Gasteiger partial charge in [0.1, 0.15) is 11.6 Å². The fourth-order valence-corrected chi connectivity index (χ4v) is 1.60. The second-order valence-electron chi connectivity index (χ2n) is 3.41. The van der Waals surface area contributed by atoms with E-state index in [9.17, 15) is 9.18 Å². The first-order valence-corrected chi connectivity index (χ1v) is 5.92. The maximum atomic E-state index is 13.1. The summed E-state index contributed by atoms with van der Waals surface area (Å²) in [5, 5.41) is 0. The Kier molecular flexibility index (Phi) is 4.06. The number of esters is 1. The summed E-state index contributed by atoms with van der Waals surface area (Å²) in [5.74, 6) is -0.781. The van der Waals surface area contributed by atoms with Gasteiger partial charge in [0, 0.05) is 6.07 Å². The fourth-order valence-electron chi connectivity index (χ4n) is 1.27. The number of carbonyl (C=O) groups excluding carboxylic acids is 1. The Labute approximate surface area is 116 Å². The lowest BCUT2D eigenvalue weighted by molar-refractivity contribution is 0.0592. The van der Waals surface area contributed by atoms with E-state index < -0.39 is 11.8 Å². The smallest absolute Gasteiger partial charge is 0.358 e. The van der Waals surface area contributed by atoms with Crippen LogP contribution in [0.15, 0.2) is 35.1 Å². The van der Waals surface area contributed by atoms with Gasteiger partial charge in [0.05, 0.1) is 24.0 Å². The molecule has 0 aliphatic rings. The number of benzene rings is 1. The highest BCUT2D eigenvalue weighted by atomic mass is 79.9. The average molecular weight is 327 g/mol. The lowest BCUT2D eigenvalue weighted by Crippen LogP contribution is -2.05. The van der Waals surface area contributed by atoms with Gasteiger partial charge in [0.2, 0.25) is 5.88 Å². The highest BCUT2D eigenvalue weighted by Gasteiger charge is 2.11. The monoisotopic (exact) mass is 326 g/mol. The molecule has 2 rings (SSSR count). The topological polar surface area (TPSA) is 61.3 Å². The van der Waals surface area contributed by atoms with Crippen molar-refractivity contribution in [2.75, 3.05) is 7.11 Å². The van der Waals surface area contributed by atoms with E-state index in [0.717, 1.165) is 0 Å². The van der Waals surface area contributed by atoms with Gasteiger partial charge in [-0.3, -0.25) is 4.98 Å². The van der Waals surface area contributed by atoms with Crippen molar-refractivity contribution in [3.63, 3.8) is 0 Å². The molecule has 19 heavy (non-hydrogen) atoms. The number of nitrogens with zero attached hydrogens (tertiary/aromatic N) is 2. The van der Waals surface area contributed by atoms with Crippen LogP contribution in [0.25, 0.3) is 0 Å². The van der Waals surface area contributed by atoms with E-state index in [1.54, 1.807) is 0 Å². The molecule has 0 unspecified atom stereocenters. The zero-order valence-corrected chi connectivity index (χ0v) is 11.3. The largest absolute Gasteiger partial charge is 0.464 e. The van der Waals surface area contributed by atoms with E-state index in [4.69, 9.17) is 4.74 Å². The van der Waals surface area contributed by atoms with Gasteiger partial charge in [-0.15, -0.1) is 0 Å². The molecule has 2 aromatic rings. The molecule has 0 N–H and O–H groups in total. The third-order valence-corrected chi connectivity index (χ3v) is 2.77. The summed E-state index contributed by atoms with van der Waals surface area (Å²) in [4.78, 5) is 19.0. The molecule has 0 radical (unpaired) electrons. The van der Waals surface area contributed by atoms with Crippen molar-refractivity contribution in [2.45, 2.75) is 0 Å². The van der Waals surface area contributed by atoms with Crippen molar-refractivity contribution >= 4 is 21.9 Å². The molecule has 0 amide bonds. The molecule has 0 saturated heterocycles. The number of aromatic nitrogens is 2. The van der Waals surface area contributed by atoms with Crippen molar-refractivity contribution in [1.29, 1.82) is 0 Å². The van der Waals surface area contributed by atoms with Crippen LogP contribution in [0.3, 0.4) is 0 Å². The van der Waals surface area contributed by atoms with Gasteiger partial charge < -0.3 is 9.47 Å². The number of halogens is 2. The van der Waals surface area contributed by atoms with Crippen LogP contribution in [-0.2, 0) is 4.74 Å². The first-order valence-electron chi connectivity index (χ1n) is 5.13. The van der Waals surface area contributed by atoms with E-state index in [-0.39, 0.29) is 17.3 Å². The molecule has 98 valence electrons. The van der Waals surface area contributed by atoms with E-state index in [1.165, 1.54) is 37.7 Å². The summed E-state index contributed by atoms with van der Waals surface area (Å²) in [5.41, 5.74) is 0.00697. The van der Waals surface area contributed by atoms with Gasteiger partial charge in [-0.25, -0.2) is 14.2 Å². The van der Waals surface area contributed by atoms with E-state index >= 15 is 0 Å². The Morgan fingerprint density at radius 3 is 2.89 bits per heavy atom. The van der Waals surface area contributed by atoms with Gasteiger partial charge in [-0.05, 0) is 28.1 Å². The Bertz CT molecular complexity index is 622. The first-order chi connectivity index (χ1) is 9.10. The molecule has 0 spiro atoms. The first kappa shape index (κ1) is 13.4. The molecule has 7 heteroatoms. The highest BCUT2D eigenvalue weighted by molar-refractivity contribution is 9.10. The Morgan fingerprint density at radius 1 is 1.37 bits per heavy atom. The molecule has 1 aromatic heterocycles. The number of rotatable bonds is 3. The van der Waals surface area contributed by atoms with Crippen molar-refractivity contribution in [2.24, 2.45) is 0 Å². The molecule has 0 saturated carbocycles. The summed E-state index contributed by atoms with van der Waals surface area (Å²) in [6, 6.07) is 3.98. The second kappa shape index (κ2) is 5.75. The van der Waals surface area contributed by atoms with Gasteiger partial charge >= 0.3 is 5.97 Å². The highest BCUT2D eigenvalue weighted by Crippen LogP contribution is 2.29. The van der Waals surface area contributed by atoms with Crippen LogP contribution >= 0.6 is 15.9 Å². The van der Waals surface area contributed by atoms with Crippen LogP contribution in [0.2, 0.25) is 0 Å². The summed E-state index contributed by atoms with van der Waals surface area (Å²) in [6.07, 6.45) is 2.56. The molecule has 0 atom stereocenters. The van der Waals surface area contributed by atoms with E-state index in [2.05, 4.69) is 30.6 Å². The predicted molar refractivity (Wildman–Crippen MR) is 67.5 cm³/mol. The Balaban J connectivity index is 2.28. The molecule has 0 bridgehead atoms. The summed E-state index contributed by atoms with van der Waals surface area (Å²) in [6.45, 7) is 0. The standard InChI is InChI=1S/C12H8BrFN2O3/c1-18-12(17)9-5-15-6-11(16-9)19-10-4-7(14)2-3-8(10)13/h2-6H,1H3. The number of methoxy groups -OCH3 is 1. The quantitative estimate of drug-likeness (QED) is 0.811. The molecule has 0 fully saturated rings. The minimum atomic E-state index is -0.628. The maximum absolute atomic E-state index is 13.1. The average Bonchev–Trinajstić information content (AvgIpc) is 2.42. The molecule has 0 aliphatic carbocycles. The lowest BCUT2D eigenvalue weighted by atomic mass is 10.3. The zero-order valence-electron chi connectivity index (χ0n) is 9.76. The molecule has 0 aliphatic heterocycles. The third-order valence-electron chi connectivity index (χ3n) is 2.11. The predicted octanol–water partition coefficient (Wildman–Crippen LogP) is 2.96. The number of hydrogen-bond acceptors (Lipinski definition) is 5. The normalized spacial score (nSPS) is 10.1. The van der Waals surface area contributed by atoms with Crippen molar-refractivity contribution in [1.82, 2.24) is 9.97 Å². The molecule has 5 nitrogen and oxygen atoms in total. The van der Waals surface area contributed by atoms with Crippen LogP contribution in [0.1, 0.15) is 10.5 Å². The molecular formula is C12H8BrFN2O3. The maximum Gasteiger partial charge on any atom is 0.358 e. The van der Waals surface area contributed by atoms with Crippen LogP contribution in [0.5, 0.6) is 11.6 Å². The summed E-state index contributed by atoms with van der Waals surface area (Å²) >= 11 is 3.22. The second-order valence-corrected chi connectivity index (χ2v) is 4.27. The van der Waals surface area contributed by atoms with Crippen LogP contribution in [0, 0.1) is 5.82 Å². The third kappa shape index (κ3) is 3.25. The SMILES string of the molecule is COC(=O)c1cncc(Oc2cc(F)ccc2Br)n1. The number of hydrogen-bond donors (Lipinski definition) is 0. The van der Waals surface area contributed by atoms with E-state index in [0.29, 0.717) is 4.47 Å². The van der Waals surface area contributed by atoms with Crippen LogP contribution < -0.4 is 4.74 Å². The van der Waals surface area contributed by atoms with Crippen LogP contribution in [-0.4, -0.2) is 23.0 Å². The minimum absolute atomic E-state index is 0.00697. The zero-order chi connectivity index (χ0) is 13.8. The van der Waals surface area contributed by atoms with Gasteiger partial charge in [0.25, 0.3) is 0 Å². The summed E-state index contributed by atoms with van der Waals surface area (Å²) < 4.78 is 23.5. The minimum Gasteiger partial charge on any atom is -0.464 e. The molecular weight excluding hydrogens is 319 g/mol. The van der Waals surface area contributed by atoms with Crippen molar-refractivity contribution in [3.8, 4) is 11.6 Å². The molecule has 1 aromatic carbocycles. The van der Waals surface area contributed by atoms with E-state index in [1.807, 2.05) is 0 Å². The Morgan fingerprint density at radius 2 is 2.16 bits per heavy atom. The Hall–Kier alpha value is -2.02. The number of ether oxygens (including phenoxy) is 2. The van der Waals surface area contributed by atoms with Gasteiger partial charge in [0.15, 0.2) is 5.69 Å². The lowest BCUT2D eigenvalue weighted by Gasteiger charge is -2.07. The molecule has 1 heterocycles.